The van der Waals surface area contributed by atoms with Crippen molar-refractivity contribution < 1.29 is 9.18 Å². The summed E-state index contributed by atoms with van der Waals surface area (Å²) < 4.78 is 15.2. The van der Waals surface area contributed by atoms with E-state index in [2.05, 4.69) is 16.5 Å². The Balaban J connectivity index is 1.69. The average Bonchev–Trinajstić information content (AvgIpc) is 3.03. The van der Waals surface area contributed by atoms with Crippen LogP contribution in [-0.2, 0) is 11.3 Å². The van der Waals surface area contributed by atoms with Gasteiger partial charge in [-0.15, -0.1) is 0 Å². The number of aryl methyl sites for hydroxylation is 1. The van der Waals surface area contributed by atoms with Gasteiger partial charge in [0, 0.05) is 13.6 Å². The highest BCUT2D eigenvalue weighted by atomic mass is 32.2. The van der Waals surface area contributed by atoms with E-state index in [1.807, 2.05) is 31.2 Å². The zero-order chi connectivity index (χ0) is 18.7. The number of amides is 1. The van der Waals surface area contributed by atoms with E-state index in [1.54, 1.807) is 24.1 Å². The van der Waals surface area contributed by atoms with Gasteiger partial charge in [0.1, 0.15) is 5.82 Å². The van der Waals surface area contributed by atoms with Crippen LogP contribution < -0.4 is 0 Å². The molecule has 0 aliphatic heterocycles. The normalized spacial score (nSPS) is 12.3. The Bertz CT molecular complexity index is 907. The lowest BCUT2D eigenvalue weighted by Gasteiger charge is -2.25. The molecule has 0 aliphatic rings. The largest absolute Gasteiger partial charge is 0.338 e. The van der Waals surface area contributed by atoms with E-state index in [1.165, 1.54) is 23.9 Å². The topological polar surface area (TPSA) is 38.1 Å². The molecule has 26 heavy (non-hydrogen) atoms. The number of halogens is 1. The summed E-state index contributed by atoms with van der Waals surface area (Å²) in [4.78, 5) is 18.9. The number of hydrogen-bond donors (Lipinski definition) is 0. The lowest BCUT2D eigenvalue weighted by molar-refractivity contribution is -0.128. The molecule has 0 saturated carbocycles. The van der Waals surface area contributed by atoms with Crippen LogP contribution in [0, 0.1) is 5.82 Å². The van der Waals surface area contributed by atoms with Crippen LogP contribution in [-0.4, -0.2) is 33.2 Å². The van der Waals surface area contributed by atoms with Crippen molar-refractivity contribution in [3.05, 3.63) is 59.9 Å². The molecular weight excluding hydrogens is 349 g/mol. The van der Waals surface area contributed by atoms with Crippen molar-refractivity contribution in [2.24, 2.45) is 0 Å². The summed E-state index contributed by atoms with van der Waals surface area (Å²) in [6, 6.07) is 14.1. The SMILES string of the molecule is CCn1c(SCC(=O)N(C)C(C)c2ccc(F)cc2)nc2ccccc21. The van der Waals surface area contributed by atoms with Crippen molar-refractivity contribution >= 4 is 28.7 Å². The molecule has 0 bridgehead atoms. The summed E-state index contributed by atoms with van der Waals surface area (Å²) in [5, 5.41) is 0.852. The lowest BCUT2D eigenvalue weighted by Crippen LogP contribution is -2.31. The van der Waals surface area contributed by atoms with Crippen molar-refractivity contribution in [2.75, 3.05) is 12.8 Å². The number of benzene rings is 2. The molecule has 0 fully saturated rings. The van der Waals surface area contributed by atoms with Gasteiger partial charge in [-0.2, -0.15) is 0 Å². The van der Waals surface area contributed by atoms with Crippen LogP contribution in [0.25, 0.3) is 11.0 Å². The number of carbonyl (C=O) groups excluding carboxylic acids is 1. The Morgan fingerprint density at radius 1 is 1.23 bits per heavy atom. The predicted molar refractivity (Wildman–Crippen MR) is 104 cm³/mol. The molecule has 1 unspecified atom stereocenters. The summed E-state index contributed by atoms with van der Waals surface area (Å²) in [6.07, 6.45) is 0. The summed E-state index contributed by atoms with van der Waals surface area (Å²) in [6.45, 7) is 4.82. The van der Waals surface area contributed by atoms with Gasteiger partial charge >= 0.3 is 0 Å². The van der Waals surface area contributed by atoms with Crippen LogP contribution >= 0.6 is 11.8 Å². The van der Waals surface area contributed by atoms with Crippen molar-refractivity contribution in [1.29, 1.82) is 0 Å². The second kappa shape index (κ2) is 7.91. The predicted octanol–water partition coefficient (Wildman–Crippen LogP) is 4.51. The molecule has 1 heterocycles. The molecule has 1 atom stereocenters. The highest BCUT2D eigenvalue weighted by Crippen LogP contribution is 2.25. The number of carbonyl (C=O) groups is 1. The zero-order valence-electron chi connectivity index (χ0n) is 15.1. The molecule has 1 aromatic heterocycles. The first-order chi connectivity index (χ1) is 12.5. The van der Waals surface area contributed by atoms with E-state index in [4.69, 9.17) is 0 Å². The summed E-state index contributed by atoms with van der Waals surface area (Å²) in [5.41, 5.74) is 2.93. The third-order valence-corrected chi connectivity index (χ3v) is 5.55. The molecule has 6 heteroatoms. The van der Waals surface area contributed by atoms with Gasteiger partial charge < -0.3 is 9.47 Å². The number of nitrogens with zero attached hydrogens (tertiary/aromatic N) is 3. The molecule has 1 amide bonds. The van der Waals surface area contributed by atoms with Crippen molar-refractivity contribution in [3.63, 3.8) is 0 Å². The minimum absolute atomic E-state index is 0.0153. The van der Waals surface area contributed by atoms with E-state index >= 15 is 0 Å². The van der Waals surface area contributed by atoms with Crippen LogP contribution in [0.4, 0.5) is 4.39 Å². The van der Waals surface area contributed by atoms with Crippen LogP contribution in [0.2, 0.25) is 0 Å². The highest BCUT2D eigenvalue weighted by molar-refractivity contribution is 7.99. The standard InChI is InChI=1S/C20H22FN3OS/c1-4-24-18-8-6-5-7-17(18)22-20(24)26-13-19(25)23(3)14(2)15-9-11-16(21)12-10-15/h5-12,14H,4,13H2,1-3H3. The Kier molecular flexibility index (Phi) is 5.61. The van der Waals surface area contributed by atoms with Gasteiger partial charge in [0.15, 0.2) is 5.16 Å². The van der Waals surface area contributed by atoms with E-state index in [0.717, 1.165) is 28.3 Å². The maximum absolute atomic E-state index is 13.1. The minimum atomic E-state index is -0.274. The summed E-state index contributed by atoms with van der Waals surface area (Å²) >= 11 is 1.45. The quantitative estimate of drug-likeness (QED) is 0.599. The smallest absolute Gasteiger partial charge is 0.233 e. The first-order valence-electron chi connectivity index (χ1n) is 8.60. The number of fused-ring (bicyclic) bond motifs is 1. The van der Waals surface area contributed by atoms with Gasteiger partial charge in [0.2, 0.25) is 5.91 Å². The Hall–Kier alpha value is -2.34. The van der Waals surface area contributed by atoms with Gasteiger partial charge in [0.25, 0.3) is 0 Å². The van der Waals surface area contributed by atoms with Gasteiger partial charge in [-0.25, -0.2) is 9.37 Å². The van der Waals surface area contributed by atoms with Crippen LogP contribution in [0.1, 0.15) is 25.5 Å². The van der Waals surface area contributed by atoms with Crippen LogP contribution in [0.3, 0.4) is 0 Å². The fraction of sp³-hybridized carbons (Fsp3) is 0.300. The number of hydrogen-bond acceptors (Lipinski definition) is 3. The third-order valence-electron chi connectivity index (χ3n) is 4.59. The monoisotopic (exact) mass is 371 g/mol. The molecule has 4 nitrogen and oxygen atoms in total. The number of rotatable bonds is 6. The number of thioether (sulfide) groups is 1. The lowest BCUT2D eigenvalue weighted by atomic mass is 10.1. The van der Waals surface area contributed by atoms with E-state index in [9.17, 15) is 9.18 Å². The molecule has 0 aliphatic carbocycles. The fourth-order valence-corrected chi connectivity index (χ4v) is 3.88. The maximum Gasteiger partial charge on any atom is 0.233 e. The molecule has 0 saturated heterocycles. The second-order valence-corrected chi connectivity index (χ2v) is 7.09. The first-order valence-corrected chi connectivity index (χ1v) is 9.59. The molecular formula is C20H22FN3OS. The molecule has 136 valence electrons. The number of imidazole rings is 1. The van der Waals surface area contributed by atoms with Crippen LogP contribution in [0.5, 0.6) is 0 Å². The van der Waals surface area contributed by atoms with Gasteiger partial charge in [-0.3, -0.25) is 4.79 Å². The van der Waals surface area contributed by atoms with Crippen molar-refractivity contribution in [2.45, 2.75) is 31.6 Å². The Morgan fingerprint density at radius 3 is 2.62 bits per heavy atom. The number of para-hydroxylation sites is 2. The van der Waals surface area contributed by atoms with Crippen molar-refractivity contribution in [1.82, 2.24) is 14.5 Å². The molecule has 0 radical (unpaired) electrons. The summed E-state index contributed by atoms with van der Waals surface area (Å²) in [5.74, 6) is 0.0521. The molecule has 0 spiro atoms. The van der Waals surface area contributed by atoms with E-state index in [-0.39, 0.29) is 17.8 Å². The molecule has 2 aromatic carbocycles. The first kappa shape index (κ1) is 18.5. The van der Waals surface area contributed by atoms with Crippen LogP contribution in [0.15, 0.2) is 53.7 Å². The van der Waals surface area contributed by atoms with Gasteiger partial charge in [-0.1, -0.05) is 36.0 Å². The Labute approximate surface area is 157 Å². The third kappa shape index (κ3) is 3.75. The fourth-order valence-electron chi connectivity index (χ4n) is 2.88. The summed E-state index contributed by atoms with van der Waals surface area (Å²) in [7, 11) is 1.78. The zero-order valence-corrected chi connectivity index (χ0v) is 16.0. The maximum atomic E-state index is 13.1. The molecule has 3 aromatic rings. The minimum Gasteiger partial charge on any atom is -0.338 e. The average molecular weight is 371 g/mol. The molecule has 3 rings (SSSR count). The molecule has 0 N–H and O–H groups in total. The van der Waals surface area contributed by atoms with Gasteiger partial charge in [-0.05, 0) is 43.7 Å². The Morgan fingerprint density at radius 2 is 1.92 bits per heavy atom. The van der Waals surface area contributed by atoms with E-state index in [0.29, 0.717) is 5.75 Å². The highest BCUT2D eigenvalue weighted by Gasteiger charge is 2.19. The van der Waals surface area contributed by atoms with Crippen molar-refractivity contribution in [3.8, 4) is 0 Å². The van der Waals surface area contributed by atoms with E-state index < -0.39 is 0 Å². The number of aromatic nitrogens is 2. The second-order valence-electron chi connectivity index (χ2n) is 6.15. The van der Waals surface area contributed by atoms with Gasteiger partial charge in [0.05, 0.1) is 22.8 Å².